The van der Waals surface area contributed by atoms with E-state index in [0.29, 0.717) is 23.7 Å². The first kappa shape index (κ1) is 12.0. The van der Waals surface area contributed by atoms with Gasteiger partial charge in [-0.3, -0.25) is 0 Å². The van der Waals surface area contributed by atoms with Crippen molar-refractivity contribution in [3.8, 4) is 0 Å². The van der Waals surface area contributed by atoms with Gasteiger partial charge in [0.2, 0.25) is 5.89 Å². The summed E-state index contributed by atoms with van der Waals surface area (Å²) in [4.78, 5) is 8.60. The van der Waals surface area contributed by atoms with Crippen LogP contribution < -0.4 is 5.73 Å². The largest absolute Gasteiger partial charge is 0.437 e. The third-order valence-electron chi connectivity index (χ3n) is 2.59. The van der Waals surface area contributed by atoms with Crippen LogP contribution in [-0.4, -0.2) is 23.7 Å². The Kier molecular flexibility index (Phi) is 3.71. The maximum Gasteiger partial charge on any atom is 0.213 e. The lowest BCUT2D eigenvalue weighted by Crippen LogP contribution is -2.11. The van der Waals surface area contributed by atoms with Crippen molar-refractivity contribution in [3.05, 3.63) is 23.7 Å². The van der Waals surface area contributed by atoms with Crippen LogP contribution in [-0.2, 0) is 4.74 Å². The van der Waals surface area contributed by atoms with Crippen molar-refractivity contribution in [3.63, 3.8) is 0 Å². The van der Waals surface area contributed by atoms with Gasteiger partial charge in [0, 0.05) is 19.4 Å². The van der Waals surface area contributed by atoms with E-state index >= 15 is 0 Å². The number of pyridine rings is 1. The first-order valence-electron chi connectivity index (χ1n) is 5.69. The predicted octanol–water partition coefficient (Wildman–Crippen LogP) is 1.96. The van der Waals surface area contributed by atoms with Crippen molar-refractivity contribution < 1.29 is 9.15 Å². The Bertz CT molecular complexity index is 495. The summed E-state index contributed by atoms with van der Waals surface area (Å²) in [7, 11) is 1.68. The molecule has 2 heterocycles. The number of hydrogen-bond acceptors (Lipinski definition) is 5. The van der Waals surface area contributed by atoms with Crippen molar-refractivity contribution in [2.24, 2.45) is 5.73 Å². The molecule has 0 aliphatic heterocycles. The Hall–Kier alpha value is -1.46. The fourth-order valence-electron chi connectivity index (χ4n) is 1.66. The van der Waals surface area contributed by atoms with E-state index in [1.54, 1.807) is 7.11 Å². The Balaban J connectivity index is 2.12. The quantitative estimate of drug-likeness (QED) is 0.802. The van der Waals surface area contributed by atoms with Crippen LogP contribution in [0.1, 0.15) is 30.5 Å². The highest BCUT2D eigenvalue weighted by atomic mass is 16.5. The molecule has 1 unspecified atom stereocenters. The lowest BCUT2D eigenvalue weighted by Gasteiger charge is -2.05. The number of hydrogen-bond donors (Lipinski definition) is 1. The molecule has 0 spiro atoms. The molecule has 92 valence electrons. The van der Waals surface area contributed by atoms with Crippen LogP contribution in [0.3, 0.4) is 0 Å². The Morgan fingerprint density at radius 1 is 1.41 bits per heavy atom. The zero-order valence-electron chi connectivity index (χ0n) is 10.1. The summed E-state index contributed by atoms with van der Waals surface area (Å²) in [5.74, 6) is 0.550. The summed E-state index contributed by atoms with van der Waals surface area (Å²) < 4.78 is 10.6. The molecular weight excluding hydrogens is 218 g/mol. The van der Waals surface area contributed by atoms with Gasteiger partial charge in [-0.1, -0.05) is 0 Å². The van der Waals surface area contributed by atoms with Crippen LogP contribution in [0.15, 0.2) is 16.5 Å². The zero-order chi connectivity index (χ0) is 12.3. The van der Waals surface area contributed by atoms with Gasteiger partial charge in [0.25, 0.3) is 0 Å². The molecule has 0 aromatic carbocycles. The Labute approximate surface area is 100.0 Å². The number of nitrogens with two attached hydrogens (primary N) is 1. The molecule has 2 rings (SSSR count). The molecule has 0 fully saturated rings. The van der Waals surface area contributed by atoms with Crippen molar-refractivity contribution in [1.29, 1.82) is 0 Å². The molecule has 5 heteroatoms. The second-order valence-corrected chi connectivity index (χ2v) is 4.07. The number of rotatable bonds is 5. The third-order valence-corrected chi connectivity index (χ3v) is 2.59. The Morgan fingerprint density at radius 2 is 2.24 bits per heavy atom. The van der Waals surface area contributed by atoms with E-state index < -0.39 is 0 Å². The molecular formula is C12H17N3O2. The van der Waals surface area contributed by atoms with Crippen molar-refractivity contribution >= 4 is 11.2 Å². The number of methoxy groups -OCH3 is 1. The van der Waals surface area contributed by atoms with Gasteiger partial charge in [-0.25, -0.2) is 4.98 Å². The van der Waals surface area contributed by atoms with Gasteiger partial charge in [0.15, 0.2) is 11.2 Å². The first-order valence-corrected chi connectivity index (χ1v) is 5.69. The van der Waals surface area contributed by atoms with Gasteiger partial charge >= 0.3 is 0 Å². The first-order chi connectivity index (χ1) is 8.20. The second kappa shape index (κ2) is 5.25. The van der Waals surface area contributed by atoms with E-state index in [0.717, 1.165) is 18.5 Å². The highest BCUT2D eigenvalue weighted by Gasteiger charge is 2.14. The minimum atomic E-state index is -0.195. The summed E-state index contributed by atoms with van der Waals surface area (Å²) in [6.45, 7) is 2.62. The van der Waals surface area contributed by atoms with Gasteiger partial charge in [-0.05, 0) is 31.9 Å². The van der Waals surface area contributed by atoms with Crippen molar-refractivity contribution in [2.75, 3.05) is 13.7 Å². The van der Waals surface area contributed by atoms with Crippen LogP contribution >= 0.6 is 0 Å². The Morgan fingerprint density at radius 3 is 3.00 bits per heavy atom. The van der Waals surface area contributed by atoms with Crippen LogP contribution in [0.2, 0.25) is 0 Å². The molecule has 17 heavy (non-hydrogen) atoms. The molecule has 2 aromatic rings. The van der Waals surface area contributed by atoms with Gasteiger partial charge < -0.3 is 14.9 Å². The minimum absolute atomic E-state index is 0.195. The number of oxazole rings is 1. The summed E-state index contributed by atoms with van der Waals surface area (Å²) in [6, 6.07) is 3.57. The van der Waals surface area contributed by atoms with E-state index in [-0.39, 0.29) is 6.04 Å². The molecule has 0 saturated carbocycles. The van der Waals surface area contributed by atoms with Crippen molar-refractivity contribution in [1.82, 2.24) is 9.97 Å². The summed E-state index contributed by atoms with van der Waals surface area (Å²) in [5.41, 5.74) is 8.23. The lowest BCUT2D eigenvalue weighted by atomic mass is 10.2. The fourth-order valence-corrected chi connectivity index (χ4v) is 1.66. The molecule has 0 radical (unpaired) electrons. The monoisotopic (exact) mass is 235 g/mol. The van der Waals surface area contributed by atoms with Gasteiger partial charge in [-0.15, -0.1) is 0 Å². The molecule has 1 atom stereocenters. The summed E-state index contributed by atoms with van der Waals surface area (Å²) in [6.07, 6.45) is 1.68. The maximum absolute atomic E-state index is 6.00. The number of aryl methyl sites for hydroxylation is 1. The predicted molar refractivity (Wildman–Crippen MR) is 64.6 cm³/mol. The summed E-state index contributed by atoms with van der Waals surface area (Å²) in [5, 5.41) is 0. The van der Waals surface area contributed by atoms with E-state index in [1.165, 1.54) is 0 Å². The average molecular weight is 235 g/mol. The molecule has 2 aromatic heterocycles. The normalized spacial score (nSPS) is 13.1. The second-order valence-electron chi connectivity index (χ2n) is 4.07. The molecule has 0 amide bonds. The number of nitrogens with zero attached hydrogens (tertiary/aromatic N) is 2. The van der Waals surface area contributed by atoms with Gasteiger partial charge in [0.05, 0.1) is 6.04 Å². The topological polar surface area (TPSA) is 74.2 Å². The van der Waals surface area contributed by atoms with Crippen LogP contribution in [0.4, 0.5) is 0 Å². The molecule has 2 N–H and O–H groups in total. The smallest absolute Gasteiger partial charge is 0.213 e. The standard InChI is InChI=1S/C12H17N3O2/c1-8-5-6-10-11(14-8)15-12(17-10)9(13)4-3-7-16-2/h5-6,9H,3-4,7,13H2,1-2H3. The minimum Gasteiger partial charge on any atom is -0.437 e. The third kappa shape index (κ3) is 2.81. The van der Waals surface area contributed by atoms with Gasteiger partial charge in [-0.2, -0.15) is 4.98 Å². The van der Waals surface area contributed by atoms with Crippen molar-refractivity contribution in [2.45, 2.75) is 25.8 Å². The molecule has 5 nitrogen and oxygen atoms in total. The maximum atomic E-state index is 6.00. The SMILES string of the molecule is COCCCC(N)c1nc2nc(C)ccc2o1. The average Bonchev–Trinajstić information content (AvgIpc) is 2.72. The van der Waals surface area contributed by atoms with Gasteiger partial charge in [0.1, 0.15) is 0 Å². The highest BCUT2D eigenvalue weighted by Crippen LogP contribution is 2.20. The number of aromatic nitrogens is 2. The highest BCUT2D eigenvalue weighted by molar-refractivity contribution is 5.67. The number of ether oxygens (including phenoxy) is 1. The number of fused-ring (bicyclic) bond motifs is 1. The van der Waals surface area contributed by atoms with Crippen LogP contribution in [0.25, 0.3) is 11.2 Å². The lowest BCUT2D eigenvalue weighted by molar-refractivity contribution is 0.189. The fraction of sp³-hybridized carbons (Fsp3) is 0.500. The van der Waals surface area contributed by atoms with Crippen LogP contribution in [0.5, 0.6) is 0 Å². The molecule has 0 bridgehead atoms. The summed E-state index contributed by atoms with van der Waals surface area (Å²) >= 11 is 0. The zero-order valence-corrected chi connectivity index (χ0v) is 10.1. The van der Waals surface area contributed by atoms with E-state index in [2.05, 4.69) is 9.97 Å². The molecule has 0 aliphatic carbocycles. The van der Waals surface area contributed by atoms with E-state index in [4.69, 9.17) is 14.9 Å². The van der Waals surface area contributed by atoms with E-state index in [9.17, 15) is 0 Å². The van der Waals surface area contributed by atoms with Crippen LogP contribution in [0, 0.1) is 6.92 Å². The molecule has 0 saturated heterocycles. The van der Waals surface area contributed by atoms with E-state index in [1.807, 2.05) is 19.1 Å². The molecule has 0 aliphatic rings.